The number of benzene rings is 1. The van der Waals surface area contributed by atoms with Crippen LogP contribution in [0.2, 0.25) is 0 Å². The van der Waals surface area contributed by atoms with Gasteiger partial charge in [-0.25, -0.2) is 4.98 Å². The van der Waals surface area contributed by atoms with E-state index < -0.39 is 6.10 Å². The van der Waals surface area contributed by atoms with Gasteiger partial charge >= 0.3 is 0 Å². The molecule has 1 spiro atoms. The van der Waals surface area contributed by atoms with Crippen LogP contribution in [0.3, 0.4) is 0 Å². The third-order valence-corrected chi connectivity index (χ3v) is 6.15. The number of anilines is 1. The molecule has 2 aliphatic rings. The quantitative estimate of drug-likeness (QED) is 0.867. The lowest BCUT2D eigenvalue weighted by atomic mass is 9.71. The van der Waals surface area contributed by atoms with Gasteiger partial charge in [0, 0.05) is 43.4 Å². The van der Waals surface area contributed by atoms with Crippen molar-refractivity contribution in [3.8, 4) is 0 Å². The van der Waals surface area contributed by atoms with Crippen LogP contribution in [-0.2, 0) is 0 Å². The maximum atomic E-state index is 13.0. The second kappa shape index (κ2) is 7.51. The Morgan fingerprint density at radius 3 is 2.75 bits per heavy atom. The minimum Gasteiger partial charge on any atom is -0.392 e. The minimum absolute atomic E-state index is 0.0514. The lowest BCUT2D eigenvalue weighted by Gasteiger charge is -2.51. The smallest absolute Gasteiger partial charge is 0.253 e. The van der Waals surface area contributed by atoms with Crippen LogP contribution in [0.25, 0.3) is 0 Å². The number of hydrogen-bond acceptors (Lipinski definition) is 5. The van der Waals surface area contributed by atoms with Crippen LogP contribution in [-0.4, -0.2) is 58.2 Å². The normalized spacial score (nSPS) is 25.2. The number of amides is 1. The van der Waals surface area contributed by atoms with E-state index in [4.69, 9.17) is 4.98 Å². The summed E-state index contributed by atoms with van der Waals surface area (Å²) in [6.45, 7) is 6.71. The zero-order valence-electron chi connectivity index (χ0n) is 16.6. The number of nitrogens with zero attached hydrogens (tertiary/aromatic N) is 4. The van der Waals surface area contributed by atoms with Crippen molar-refractivity contribution in [2.45, 2.75) is 39.2 Å². The molecule has 1 aromatic carbocycles. The van der Waals surface area contributed by atoms with Gasteiger partial charge in [0.2, 0.25) is 0 Å². The average Bonchev–Trinajstić information content (AvgIpc) is 2.72. The van der Waals surface area contributed by atoms with Crippen LogP contribution in [0, 0.1) is 19.3 Å². The van der Waals surface area contributed by atoms with Gasteiger partial charge in [0.15, 0.2) is 0 Å². The number of likely N-dealkylation sites (tertiary alicyclic amines) is 1. The fraction of sp³-hybridized carbons (Fsp3) is 0.500. The maximum Gasteiger partial charge on any atom is 0.253 e. The van der Waals surface area contributed by atoms with Crippen LogP contribution in [0.5, 0.6) is 0 Å². The Kier molecular flexibility index (Phi) is 5.06. The lowest BCUT2D eigenvalue weighted by Crippen LogP contribution is -2.60. The maximum absolute atomic E-state index is 13.0. The number of aryl methyl sites for hydroxylation is 2. The van der Waals surface area contributed by atoms with Gasteiger partial charge < -0.3 is 14.9 Å². The van der Waals surface area contributed by atoms with Gasteiger partial charge in [0.05, 0.1) is 17.5 Å². The van der Waals surface area contributed by atoms with E-state index in [-0.39, 0.29) is 11.3 Å². The Bertz CT molecular complexity index is 857. The van der Waals surface area contributed by atoms with E-state index in [0.717, 1.165) is 43.1 Å². The molecule has 2 aliphatic heterocycles. The van der Waals surface area contributed by atoms with E-state index in [1.165, 1.54) is 0 Å². The summed E-state index contributed by atoms with van der Waals surface area (Å²) in [5, 5.41) is 10.9. The summed E-state index contributed by atoms with van der Waals surface area (Å²) in [4.78, 5) is 26.3. The summed E-state index contributed by atoms with van der Waals surface area (Å²) >= 11 is 0. The molecule has 2 fully saturated rings. The molecular weight excluding hydrogens is 352 g/mol. The van der Waals surface area contributed by atoms with E-state index in [0.29, 0.717) is 25.1 Å². The van der Waals surface area contributed by atoms with Gasteiger partial charge in [-0.2, -0.15) is 0 Å². The van der Waals surface area contributed by atoms with Gasteiger partial charge in [0.1, 0.15) is 5.82 Å². The van der Waals surface area contributed by atoms with E-state index in [2.05, 4.69) is 9.88 Å². The first-order valence-corrected chi connectivity index (χ1v) is 10.1. The molecule has 1 N–H and O–H groups in total. The van der Waals surface area contributed by atoms with Crippen LogP contribution in [0.15, 0.2) is 36.5 Å². The molecule has 0 saturated carbocycles. The molecule has 0 bridgehead atoms. The molecule has 6 nitrogen and oxygen atoms in total. The number of carbonyl (C=O) groups excluding carboxylic acids is 1. The Labute approximate surface area is 166 Å². The molecule has 148 valence electrons. The largest absolute Gasteiger partial charge is 0.392 e. The molecule has 0 radical (unpaired) electrons. The number of aliphatic hydroxyl groups is 1. The van der Waals surface area contributed by atoms with Gasteiger partial charge in [-0.1, -0.05) is 18.2 Å². The lowest BCUT2D eigenvalue weighted by molar-refractivity contribution is -0.0362. The van der Waals surface area contributed by atoms with Crippen LogP contribution < -0.4 is 4.90 Å². The van der Waals surface area contributed by atoms with E-state index >= 15 is 0 Å². The SMILES string of the molecule is Cc1cnc(C)c(N2CC[C@@H](O)[C@]3(CCCN(C(=O)c4ccccc4)C3)C2)n1. The van der Waals surface area contributed by atoms with Crippen molar-refractivity contribution in [3.05, 3.63) is 53.5 Å². The Hall–Kier alpha value is -2.47. The zero-order valence-corrected chi connectivity index (χ0v) is 16.6. The predicted molar refractivity (Wildman–Crippen MR) is 108 cm³/mol. The van der Waals surface area contributed by atoms with E-state index in [1.54, 1.807) is 6.20 Å². The summed E-state index contributed by atoms with van der Waals surface area (Å²) in [7, 11) is 0. The van der Waals surface area contributed by atoms with Crippen molar-refractivity contribution < 1.29 is 9.90 Å². The topological polar surface area (TPSA) is 69.6 Å². The average molecular weight is 380 g/mol. The molecule has 0 unspecified atom stereocenters. The molecule has 2 aromatic rings. The fourth-order valence-corrected chi connectivity index (χ4v) is 4.65. The highest BCUT2D eigenvalue weighted by Gasteiger charge is 2.47. The standard InChI is InChI=1S/C22H28N4O2/c1-16-13-23-17(2)20(24-16)25-12-9-19(27)22(14-25)10-6-11-26(15-22)21(28)18-7-4-3-5-8-18/h3-5,7-8,13,19,27H,6,9-12,14-15H2,1-2H3/t19-,22-/m1/s1. The predicted octanol–water partition coefficient (Wildman–Crippen LogP) is 2.59. The molecule has 28 heavy (non-hydrogen) atoms. The summed E-state index contributed by atoms with van der Waals surface area (Å²) in [6.07, 6.45) is 3.88. The van der Waals surface area contributed by atoms with Gasteiger partial charge in [-0.3, -0.25) is 9.78 Å². The Morgan fingerprint density at radius 1 is 1.18 bits per heavy atom. The van der Waals surface area contributed by atoms with Crippen LogP contribution in [0.1, 0.15) is 41.0 Å². The third-order valence-electron chi connectivity index (χ3n) is 6.15. The first-order chi connectivity index (χ1) is 13.5. The molecular formula is C22H28N4O2. The highest BCUT2D eigenvalue weighted by molar-refractivity contribution is 5.94. The number of aromatic nitrogens is 2. The van der Waals surface area contributed by atoms with Crippen molar-refractivity contribution in [3.63, 3.8) is 0 Å². The highest BCUT2D eigenvalue weighted by atomic mass is 16.3. The van der Waals surface area contributed by atoms with Crippen LogP contribution in [0.4, 0.5) is 5.82 Å². The zero-order chi connectivity index (χ0) is 19.7. The van der Waals surface area contributed by atoms with Crippen LogP contribution >= 0.6 is 0 Å². The number of piperidine rings is 2. The number of aliphatic hydroxyl groups excluding tert-OH is 1. The highest BCUT2D eigenvalue weighted by Crippen LogP contribution is 2.40. The monoisotopic (exact) mass is 380 g/mol. The second-order valence-electron chi connectivity index (χ2n) is 8.21. The van der Waals surface area contributed by atoms with E-state index in [9.17, 15) is 9.90 Å². The summed E-state index contributed by atoms with van der Waals surface area (Å²) < 4.78 is 0. The molecule has 2 saturated heterocycles. The first-order valence-electron chi connectivity index (χ1n) is 10.1. The molecule has 6 heteroatoms. The number of rotatable bonds is 2. The second-order valence-corrected chi connectivity index (χ2v) is 8.21. The molecule has 4 rings (SSSR count). The summed E-state index contributed by atoms with van der Waals surface area (Å²) in [6, 6.07) is 9.42. The third kappa shape index (κ3) is 3.49. The van der Waals surface area contributed by atoms with Gasteiger partial charge in [0.25, 0.3) is 5.91 Å². The molecule has 1 aromatic heterocycles. The summed E-state index contributed by atoms with van der Waals surface area (Å²) in [5.74, 6) is 0.952. The number of hydrogen-bond donors (Lipinski definition) is 1. The Morgan fingerprint density at radius 2 is 1.96 bits per heavy atom. The van der Waals surface area contributed by atoms with Gasteiger partial charge in [-0.15, -0.1) is 0 Å². The van der Waals surface area contributed by atoms with Crippen molar-refractivity contribution in [2.75, 3.05) is 31.1 Å². The Balaban J connectivity index is 1.58. The summed E-state index contributed by atoms with van der Waals surface area (Å²) in [5.41, 5.74) is 2.19. The molecule has 2 atom stereocenters. The minimum atomic E-state index is -0.409. The van der Waals surface area contributed by atoms with Crippen molar-refractivity contribution in [2.24, 2.45) is 5.41 Å². The molecule has 3 heterocycles. The van der Waals surface area contributed by atoms with Crippen molar-refractivity contribution in [1.82, 2.24) is 14.9 Å². The number of carbonyl (C=O) groups is 1. The van der Waals surface area contributed by atoms with Gasteiger partial charge in [-0.05, 0) is 45.2 Å². The van der Waals surface area contributed by atoms with Crippen molar-refractivity contribution >= 4 is 11.7 Å². The first kappa shape index (κ1) is 18.9. The fourth-order valence-electron chi connectivity index (χ4n) is 4.65. The van der Waals surface area contributed by atoms with E-state index in [1.807, 2.05) is 49.1 Å². The molecule has 0 aliphatic carbocycles. The van der Waals surface area contributed by atoms with Crippen molar-refractivity contribution in [1.29, 1.82) is 0 Å². The molecule has 1 amide bonds.